The smallest absolute Gasteiger partial charge is 0.119 e. The number of thiazole rings is 1. The van der Waals surface area contributed by atoms with Gasteiger partial charge >= 0.3 is 0 Å². The predicted octanol–water partition coefficient (Wildman–Crippen LogP) is 0.421. The van der Waals surface area contributed by atoms with Crippen molar-refractivity contribution < 1.29 is 14.4 Å². The molecule has 1 heterocycles. The number of hydrogen-bond donors (Lipinski definition) is 3. The number of nitrogens with zero attached hydrogens (tertiary/aromatic N) is 1. The standard InChI is InChI=1S/C8H14N2O3S2/c1-8(4-11,5-12)7-10-3-6(14-7)15(2,9)13/h3,9,11-12H,4-5H2,1-2H3. The molecule has 86 valence electrons. The Hall–Kier alpha value is -0.500. The summed E-state index contributed by atoms with van der Waals surface area (Å²) in [4.78, 5) is 4.00. The third kappa shape index (κ3) is 2.54. The molecule has 0 saturated heterocycles. The lowest BCUT2D eigenvalue weighted by atomic mass is 9.94. The molecule has 1 aromatic rings. The minimum atomic E-state index is -2.77. The number of rotatable bonds is 4. The number of nitrogens with one attached hydrogen (secondary N) is 1. The van der Waals surface area contributed by atoms with Crippen molar-refractivity contribution in [1.82, 2.24) is 4.98 Å². The molecule has 1 unspecified atom stereocenters. The topological polar surface area (TPSA) is 94.3 Å². The van der Waals surface area contributed by atoms with Gasteiger partial charge in [0.2, 0.25) is 0 Å². The maximum Gasteiger partial charge on any atom is 0.119 e. The van der Waals surface area contributed by atoms with Crippen molar-refractivity contribution in [3.63, 3.8) is 0 Å². The first-order valence-corrected chi connectivity index (χ1v) is 7.03. The van der Waals surface area contributed by atoms with Crippen LogP contribution in [0.3, 0.4) is 0 Å². The average molecular weight is 250 g/mol. The van der Waals surface area contributed by atoms with E-state index < -0.39 is 15.1 Å². The van der Waals surface area contributed by atoms with Crippen LogP contribution in [0.15, 0.2) is 10.4 Å². The van der Waals surface area contributed by atoms with Gasteiger partial charge in [0.05, 0.1) is 34.6 Å². The molecule has 0 bridgehead atoms. The van der Waals surface area contributed by atoms with Gasteiger partial charge in [-0.25, -0.2) is 14.0 Å². The Labute approximate surface area is 92.8 Å². The van der Waals surface area contributed by atoms with Crippen LogP contribution in [-0.2, 0) is 15.1 Å². The lowest BCUT2D eigenvalue weighted by molar-refractivity contribution is 0.129. The van der Waals surface area contributed by atoms with E-state index >= 15 is 0 Å². The van der Waals surface area contributed by atoms with Gasteiger partial charge in [-0.3, -0.25) is 0 Å². The van der Waals surface area contributed by atoms with Crippen molar-refractivity contribution in [2.24, 2.45) is 0 Å². The van der Waals surface area contributed by atoms with Gasteiger partial charge in [0.15, 0.2) is 0 Å². The van der Waals surface area contributed by atoms with Crippen molar-refractivity contribution in [3.05, 3.63) is 11.2 Å². The Balaban J connectivity index is 3.14. The monoisotopic (exact) mass is 250 g/mol. The molecule has 15 heavy (non-hydrogen) atoms. The van der Waals surface area contributed by atoms with Crippen LogP contribution in [0.25, 0.3) is 0 Å². The molecule has 0 spiro atoms. The fourth-order valence-electron chi connectivity index (χ4n) is 0.904. The van der Waals surface area contributed by atoms with Crippen LogP contribution < -0.4 is 0 Å². The van der Waals surface area contributed by atoms with Crippen LogP contribution in [0.2, 0.25) is 0 Å². The fourth-order valence-corrected chi connectivity index (χ4v) is 2.81. The lowest BCUT2D eigenvalue weighted by Crippen LogP contribution is -2.30. The van der Waals surface area contributed by atoms with Crippen molar-refractivity contribution in [2.45, 2.75) is 16.5 Å². The van der Waals surface area contributed by atoms with Gasteiger partial charge in [-0.15, -0.1) is 11.3 Å². The lowest BCUT2D eigenvalue weighted by Gasteiger charge is -2.21. The van der Waals surface area contributed by atoms with E-state index in [2.05, 4.69) is 4.98 Å². The molecule has 0 aliphatic heterocycles. The Morgan fingerprint density at radius 3 is 2.47 bits per heavy atom. The summed E-state index contributed by atoms with van der Waals surface area (Å²) in [5, 5.41) is 18.8. The zero-order chi connectivity index (χ0) is 11.7. The molecule has 0 amide bonds. The average Bonchev–Trinajstić information content (AvgIpc) is 2.65. The van der Waals surface area contributed by atoms with Gasteiger partial charge in [-0.05, 0) is 6.92 Å². The highest BCUT2D eigenvalue weighted by Gasteiger charge is 2.29. The Kier molecular flexibility index (Phi) is 3.49. The SMILES string of the molecule is CC(CO)(CO)c1ncc(S(C)(=N)=O)s1. The summed E-state index contributed by atoms with van der Waals surface area (Å²) in [6, 6.07) is 0. The van der Waals surface area contributed by atoms with Crippen molar-refractivity contribution >= 4 is 21.1 Å². The quantitative estimate of drug-likeness (QED) is 0.722. The summed E-state index contributed by atoms with van der Waals surface area (Å²) in [7, 11) is -2.77. The van der Waals surface area contributed by atoms with Crippen LogP contribution in [-0.4, -0.2) is 38.9 Å². The van der Waals surface area contributed by atoms with E-state index in [1.165, 1.54) is 12.5 Å². The third-order valence-electron chi connectivity index (χ3n) is 2.08. The highest BCUT2D eigenvalue weighted by molar-refractivity contribution is 7.93. The molecule has 1 rings (SSSR count). The highest BCUT2D eigenvalue weighted by atomic mass is 32.2. The zero-order valence-electron chi connectivity index (χ0n) is 8.56. The molecule has 1 atom stereocenters. The normalized spacial score (nSPS) is 16.3. The molecule has 0 fully saturated rings. The molecule has 3 N–H and O–H groups in total. The van der Waals surface area contributed by atoms with Gasteiger partial charge in [0.25, 0.3) is 0 Å². The molecule has 0 aromatic carbocycles. The molecule has 0 aliphatic rings. The van der Waals surface area contributed by atoms with Gasteiger partial charge in [-0.1, -0.05) is 0 Å². The minimum Gasteiger partial charge on any atom is -0.395 e. The zero-order valence-corrected chi connectivity index (χ0v) is 10.2. The predicted molar refractivity (Wildman–Crippen MR) is 58.7 cm³/mol. The maximum atomic E-state index is 11.4. The summed E-state index contributed by atoms with van der Waals surface area (Å²) in [5.41, 5.74) is -0.826. The summed E-state index contributed by atoms with van der Waals surface area (Å²) < 4.78 is 19.2. The molecule has 7 heteroatoms. The van der Waals surface area contributed by atoms with Crippen molar-refractivity contribution in [3.8, 4) is 0 Å². The van der Waals surface area contributed by atoms with Gasteiger partial charge in [0.1, 0.15) is 9.22 Å². The molecule has 0 radical (unpaired) electrons. The van der Waals surface area contributed by atoms with Crippen LogP contribution in [0.5, 0.6) is 0 Å². The summed E-state index contributed by atoms with van der Waals surface area (Å²) >= 11 is 1.10. The van der Waals surface area contributed by atoms with E-state index in [0.717, 1.165) is 11.3 Å². The first kappa shape index (κ1) is 12.6. The summed E-state index contributed by atoms with van der Waals surface area (Å²) in [5.74, 6) is 0. The maximum absolute atomic E-state index is 11.4. The number of aromatic nitrogens is 1. The molecule has 0 saturated carbocycles. The highest BCUT2D eigenvalue weighted by Crippen LogP contribution is 2.29. The largest absolute Gasteiger partial charge is 0.395 e. The van der Waals surface area contributed by atoms with Crippen LogP contribution in [0.1, 0.15) is 11.9 Å². The minimum absolute atomic E-state index is 0.237. The van der Waals surface area contributed by atoms with Crippen LogP contribution in [0, 0.1) is 4.78 Å². The van der Waals surface area contributed by atoms with Crippen LogP contribution >= 0.6 is 11.3 Å². The Bertz CT molecular complexity index is 434. The Morgan fingerprint density at radius 2 is 2.13 bits per heavy atom. The van der Waals surface area contributed by atoms with Gasteiger partial charge in [-0.2, -0.15) is 0 Å². The molecule has 0 aliphatic carbocycles. The van der Waals surface area contributed by atoms with Crippen molar-refractivity contribution in [2.75, 3.05) is 19.5 Å². The van der Waals surface area contributed by atoms with E-state index in [1.54, 1.807) is 6.92 Å². The molecular formula is C8H14N2O3S2. The Morgan fingerprint density at radius 1 is 1.60 bits per heavy atom. The molecular weight excluding hydrogens is 236 g/mol. The number of aliphatic hydroxyl groups is 2. The van der Waals surface area contributed by atoms with Crippen LogP contribution in [0.4, 0.5) is 0 Å². The van der Waals surface area contributed by atoms with E-state index in [9.17, 15) is 4.21 Å². The first-order valence-electron chi connectivity index (χ1n) is 4.25. The summed E-state index contributed by atoms with van der Waals surface area (Å²) in [6.07, 6.45) is 2.69. The van der Waals surface area contributed by atoms with Crippen molar-refractivity contribution in [1.29, 1.82) is 4.78 Å². The first-order chi connectivity index (χ1) is 6.83. The number of hydrogen-bond acceptors (Lipinski definition) is 6. The third-order valence-corrected chi connectivity index (χ3v) is 5.26. The second kappa shape index (κ2) is 4.17. The van der Waals surface area contributed by atoms with Gasteiger partial charge < -0.3 is 10.2 Å². The van der Waals surface area contributed by atoms with E-state index in [1.807, 2.05) is 0 Å². The van der Waals surface area contributed by atoms with E-state index in [4.69, 9.17) is 15.0 Å². The second-order valence-electron chi connectivity index (χ2n) is 3.70. The van der Waals surface area contributed by atoms with Gasteiger partial charge in [0, 0.05) is 6.26 Å². The summed E-state index contributed by atoms with van der Waals surface area (Å²) in [6.45, 7) is 1.19. The van der Waals surface area contributed by atoms with E-state index in [-0.39, 0.29) is 13.2 Å². The number of aliphatic hydroxyl groups excluding tert-OH is 2. The molecule has 5 nitrogen and oxygen atoms in total. The van der Waals surface area contributed by atoms with E-state index in [0.29, 0.717) is 9.22 Å². The fraction of sp³-hybridized carbons (Fsp3) is 0.625. The molecule has 1 aromatic heterocycles. The second-order valence-corrected chi connectivity index (χ2v) is 7.12.